The molecule has 0 aromatic rings. The number of hydrogen-bond acceptors (Lipinski definition) is 1. The van der Waals surface area contributed by atoms with Crippen LogP contribution in [0.25, 0.3) is 0 Å². The van der Waals surface area contributed by atoms with E-state index in [9.17, 15) is 4.79 Å². The minimum atomic E-state index is -0.725. The number of alkyl halides is 1. The predicted octanol–water partition coefficient (Wildman–Crippen LogP) is 2.12. The van der Waals surface area contributed by atoms with Gasteiger partial charge in [0, 0.05) is 12.3 Å². The van der Waals surface area contributed by atoms with Crippen LogP contribution in [0, 0.1) is 5.92 Å². The van der Waals surface area contributed by atoms with Gasteiger partial charge in [-0.1, -0.05) is 13.3 Å². The smallest absolute Gasteiger partial charge is 0.303 e. The molecule has 0 radical (unpaired) electrons. The molecule has 10 heavy (non-hydrogen) atoms. The van der Waals surface area contributed by atoms with Crippen molar-refractivity contribution < 1.29 is 9.90 Å². The number of halogens is 1. The van der Waals surface area contributed by atoms with Crippen LogP contribution in [0.15, 0.2) is 0 Å². The molecule has 1 atom stereocenters. The van der Waals surface area contributed by atoms with Gasteiger partial charge in [-0.15, -0.1) is 11.6 Å². The fourth-order valence-electron chi connectivity index (χ4n) is 0.852. The third-order valence-corrected chi connectivity index (χ3v) is 1.78. The normalized spacial score (nSPS) is 13.0. The number of hydrogen-bond donors (Lipinski definition) is 1. The van der Waals surface area contributed by atoms with Gasteiger partial charge in [-0.3, -0.25) is 4.79 Å². The highest BCUT2D eigenvalue weighted by molar-refractivity contribution is 6.17. The Kier molecular flexibility index (Phi) is 5.40. The predicted molar refractivity (Wildman–Crippen MR) is 41.4 cm³/mol. The van der Waals surface area contributed by atoms with E-state index in [0.717, 1.165) is 12.8 Å². The van der Waals surface area contributed by atoms with Gasteiger partial charge in [0.25, 0.3) is 0 Å². The third-order valence-electron chi connectivity index (χ3n) is 1.56. The summed E-state index contributed by atoms with van der Waals surface area (Å²) in [5.74, 6) is 0.0955. The van der Waals surface area contributed by atoms with E-state index in [1.807, 2.05) is 6.92 Å². The number of aliphatic carboxylic acids is 1. The molecule has 0 spiro atoms. The van der Waals surface area contributed by atoms with Crippen LogP contribution < -0.4 is 0 Å². The molecular formula is C7H13ClO2. The minimum absolute atomic E-state index is 0.253. The van der Waals surface area contributed by atoms with Crippen molar-refractivity contribution in [3.63, 3.8) is 0 Å². The Bertz CT molecular complexity index is 104. The van der Waals surface area contributed by atoms with E-state index in [1.165, 1.54) is 0 Å². The lowest BCUT2D eigenvalue weighted by Gasteiger charge is -2.08. The van der Waals surface area contributed by atoms with E-state index in [4.69, 9.17) is 16.7 Å². The zero-order valence-corrected chi connectivity index (χ0v) is 6.90. The minimum Gasteiger partial charge on any atom is -0.481 e. The topological polar surface area (TPSA) is 37.3 Å². The molecule has 3 heteroatoms. The lowest BCUT2D eigenvalue weighted by atomic mass is 10.00. The van der Waals surface area contributed by atoms with Crippen molar-refractivity contribution in [2.45, 2.75) is 26.2 Å². The molecule has 1 unspecified atom stereocenters. The van der Waals surface area contributed by atoms with Gasteiger partial charge in [-0.25, -0.2) is 0 Å². The van der Waals surface area contributed by atoms with Crippen molar-refractivity contribution in [1.82, 2.24) is 0 Å². The van der Waals surface area contributed by atoms with Crippen LogP contribution in [0.4, 0.5) is 0 Å². The van der Waals surface area contributed by atoms with Gasteiger partial charge in [0.1, 0.15) is 0 Å². The fourth-order valence-corrected chi connectivity index (χ4v) is 1.16. The van der Waals surface area contributed by atoms with Gasteiger partial charge in [0.15, 0.2) is 0 Å². The second kappa shape index (κ2) is 5.54. The molecule has 1 N–H and O–H groups in total. The van der Waals surface area contributed by atoms with Crippen LogP contribution in [-0.4, -0.2) is 17.0 Å². The number of carboxylic acid groups (broad SMARTS) is 1. The molecule has 0 amide bonds. The highest BCUT2D eigenvalue weighted by atomic mass is 35.5. The molecule has 0 fully saturated rings. The molecule has 0 heterocycles. The van der Waals surface area contributed by atoms with Gasteiger partial charge in [-0.05, 0) is 12.3 Å². The van der Waals surface area contributed by atoms with Crippen molar-refractivity contribution in [3.8, 4) is 0 Å². The maximum Gasteiger partial charge on any atom is 0.303 e. The van der Waals surface area contributed by atoms with E-state index in [2.05, 4.69) is 0 Å². The summed E-state index contributed by atoms with van der Waals surface area (Å²) in [5.41, 5.74) is 0. The lowest BCUT2D eigenvalue weighted by molar-refractivity contribution is -0.138. The summed E-state index contributed by atoms with van der Waals surface area (Å²) in [6.45, 7) is 1.99. The first-order chi connectivity index (χ1) is 4.70. The largest absolute Gasteiger partial charge is 0.481 e. The quantitative estimate of drug-likeness (QED) is 0.632. The number of rotatable bonds is 5. The van der Waals surface area contributed by atoms with E-state index in [-0.39, 0.29) is 12.3 Å². The zero-order valence-electron chi connectivity index (χ0n) is 6.14. The molecule has 0 saturated carbocycles. The van der Waals surface area contributed by atoms with Crippen molar-refractivity contribution >= 4 is 17.6 Å². The highest BCUT2D eigenvalue weighted by Crippen LogP contribution is 2.13. The Morgan fingerprint density at radius 2 is 2.30 bits per heavy atom. The zero-order chi connectivity index (χ0) is 7.98. The van der Waals surface area contributed by atoms with Crippen LogP contribution >= 0.6 is 11.6 Å². The average Bonchev–Trinajstić information content (AvgIpc) is 1.86. The van der Waals surface area contributed by atoms with Gasteiger partial charge < -0.3 is 5.11 Å². The Morgan fingerprint density at radius 1 is 1.70 bits per heavy atom. The first-order valence-corrected chi connectivity index (χ1v) is 4.01. The van der Waals surface area contributed by atoms with Crippen LogP contribution in [0.5, 0.6) is 0 Å². The summed E-state index contributed by atoms with van der Waals surface area (Å²) in [5, 5.41) is 8.40. The summed E-state index contributed by atoms with van der Waals surface area (Å²) >= 11 is 5.47. The Balaban J connectivity index is 3.49. The molecule has 0 aliphatic carbocycles. The van der Waals surface area contributed by atoms with E-state index < -0.39 is 5.97 Å². The summed E-state index contributed by atoms with van der Waals surface area (Å²) < 4.78 is 0. The van der Waals surface area contributed by atoms with Crippen molar-refractivity contribution in [2.75, 3.05) is 5.88 Å². The molecule has 0 saturated heterocycles. The first kappa shape index (κ1) is 9.76. The molecule has 60 valence electrons. The maximum atomic E-state index is 10.2. The summed E-state index contributed by atoms with van der Waals surface area (Å²) in [6, 6.07) is 0. The molecular weight excluding hydrogens is 152 g/mol. The molecule has 0 bridgehead atoms. The maximum absolute atomic E-state index is 10.2. The second-order valence-electron chi connectivity index (χ2n) is 2.35. The standard InChI is InChI=1S/C7H13ClO2/c1-2-6(3-4-8)5-7(9)10/h6H,2-5H2,1H3,(H,9,10). The first-order valence-electron chi connectivity index (χ1n) is 3.48. The molecule has 0 aromatic carbocycles. The summed E-state index contributed by atoms with van der Waals surface area (Å²) in [6.07, 6.45) is 1.96. The van der Waals surface area contributed by atoms with Gasteiger partial charge in [-0.2, -0.15) is 0 Å². The fraction of sp³-hybridized carbons (Fsp3) is 0.857. The van der Waals surface area contributed by atoms with E-state index in [0.29, 0.717) is 5.88 Å². The van der Waals surface area contributed by atoms with Crippen LogP contribution in [-0.2, 0) is 4.79 Å². The molecule has 0 rings (SSSR count). The SMILES string of the molecule is CCC(CCCl)CC(=O)O. The van der Waals surface area contributed by atoms with Crippen LogP contribution in [0.3, 0.4) is 0 Å². The summed E-state index contributed by atoms with van der Waals surface area (Å²) in [4.78, 5) is 10.2. The Labute approximate surface area is 66.2 Å². The average molecular weight is 165 g/mol. The Hall–Kier alpha value is -0.240. The van der Waals surface area contributed by atoms with E-state index in [1.54, 1.807) is 0 Å². The monoisotopic (exact) mass is 164 g/mol. The summed E-state index contributed by atoms with van der Waals surface area (Å²) in [7, 11) is 0. The third kappa shape index (κ3) is 4.62. The lowest BCUT2D eigenvalue weighted by Crippen LogP contribution is -2.07. The van der Waals surface area contributed by atoms with Crippen LogP contribution in [0.1, 0.15) is 26.2 Å². The van der Waals surface area contributed by atoms with Crippen molar-refractivity contribution in [1.29, 1.82) is 0 Å². The number of carboxylic acids is 1. The molecule has 0 aromatic heterocycles. The van der Waals surface area contributed by atoms with Gasteiger partial charge >= 0.3 is 5.97 Å². The highest BCUT2D eigenvalue weighted by Gasteiger charge is 2.09. The Morgan fingerprint density at radius 3 is 2.60 bits per heavy atom. The van der Waals surface area contributed by atoms with Crippen molar-refractivity contribution in [2.24, 2.45) is 5.92 Å². The van der Waals surface area contributed by atoms with Gasteiger partial charge in [0.05, 0.1) is 0 Å². The molecule has 0 aliphatic rings. The van der Waals surface area contributed by atoms with Crippen molar-refractivity contribution in [3.05, 3.63) is 0 Å². The molecule has 0 aliphatic heterocycles. The molecule has 2 nitrogen and oxygen atoms in total. The second-order valence-corrected chi connectivity index (χ2v) is 2.73. The van der Waals surface area contributed by atoms with Crippen LogP contribution in [0.2, 0.25) is 0 Å². The van der Waals surface area contributed by atoms with Gasteiger partial charge in [0.2, 0.25) is 0 Å². The van der Waals surface area contributed by atoms with E-state index >= 15 is 0 Å². The number of carbonyl (C=O) groups is 1.